The van der Waals surface area contributed by atoms with E-state index in [9.17, 15) is 26.3 Å². The normalized spacial score (nSPS) is 16.0. The third-order valence-electron chi connectivity index (χ3n) is 9.42. The lowest BCUT2D eigenvalue weighted by Crippen LogP contribution is -2.34. The lowest BCUT2D eigenvalue weighted by molar-refractivity contribution is -0.143. The smallest absolute Gasteiger partial charge is 0.416 e. The summed E-state index contributed by atoms with van der Waals surface area (Å²) in [6.07, 6.45) is -6.36. The Kier molecular flexibility index (Phi) is 7.34. The monoisotopic (exact) mass is 695 g/mol. The maximum absolute atomic E-state index is 14.2. The molecular formula is C41H27F6NO3. The van der Waals surface area contributed by atoms with Gasteiger partial charge in [0.2, 0.25) is 0 Å². The number of hydrogen-bond acceptors (Lipinski definition) is 3. The Hall–Kier alpha value is -5.90. The molecule has 0 spiro atoms. The van der Waals surface area contributed by atoms with Gasteiger partial charge < -0.3 is 18.8 Å². The SMILES string of the molecule is COc1ccc(C2(c3ccccc3)C=Cc3c(c4cc(OC)ccc4c4c5ccccc5n(-c5cc(C(F)(F)F)cc(C(F)(F)F)c5)c34)O2)cc1. The number of aromatic nitrogens is 1. The molecule has 1 aliphatic heterocycles. The second-order valence-electron chi connectivity index (χ2n) is 12.3. The molecule has 0 bridgehead atoms. The Morgan fingerprint density at radius 3 is 1.86 bits per heavy atom. The van der Waals surface area contributed by atoms with Gasteiger partial charge >= 0.3 is 12.4 Å². The minimum Gasteiger partial charge on any atom is -0.497 e. The molecule has 7 aromatic rings. The molecule has 0 saturated heterocycles. The second kappa shape index (κ2) is 11.6. The van der Waals surface area contributed by atoms with Crippen LogP contribution in [0.4, 0.5) is 26.3 Å². The Morgan fingerprint density at radius 2 is 1.22 bits per heavy atom. The van der Waals surface area contributed by atoms with E-state index in [1.165, 1.54) is 11.7 Å². The molecular weight excluding hydrogens is 668 g/mol. The van der Waals surface area contributed by atoms with Crippen molar-refractivity contribution in [2.24, 2.45) is 0 Å². The van der Waals surface area contributed by atoms with Gasteiger partial charge in [0.1, 0.15) is 17.2 Å². The molecule has 1 aliphatic rings. The second-order valence-corrected chi connectivity index (χ2v) is 12.3. The van der Waals surface area contributed by atoms with E-state index in [2.05, 4.69) is 0 Å². The highest BCUT2D eigenvalue weighted by Gasteiger charge is 2.40. The maximum Gasteiger partial charge on any atom is 0.416 e. The number of hydrogen-bond donors (Lipinski definition) is 0. The third kappa shape index (κ3) is 5.16. The molecule has 6 aromatic carbocycles. The zero-order chi connectivity index (χ0) is 35.7. The molecule has 0 N–H and O–H groups in total. The molecule has 0 saturated carbocycles. The van der Waals surface area contributed by atoms with Gasteiger partial charge in [0.15, 0.2) is 5.60 Å². The molecule has 51 heavy (non-hydrogen) atoms. The molecule has 1 atom stereocenters. The first kappa shape index (κ1) is 32.3. The summed E-state index contributed by atoms with van der Waals surface area (Å²) in [6, 6.07) is 31.0. The van der Waals surface area contributed by atoms with Crippen LogP contribution in [0, 0.1) is 0 Å². The van der Waals surface area contributed by atoms with Gasteiger partial charge in [-0.15, -0.1) is 0 Å². The van der Waals surface area contributed by atoms with Crippen molar-refractivity contribution in [3.8, 4) is 22.9 Å². The highest BCUT2D eigenvalue weighted by Crippen LogP contribution is 2.52. The van der Waals surface area contributed by atoms with E-state index in [-0.39, 0.29) is 11.8 Å². The molecule has 4 nitrogen and oxygen atoms in total. The van der Waals surface area contributed by atoms with E-state index in [1.807, 2.05) is 84.9 Å². The van der Waals surface area contributed by atoms with Gasteiger partial charge in [-0.2, -0.15) is 26.3 Å². The zero-order valence-electron chi connectivity index (χ0n) is 27.1. The van der Waals surface area contributed by atoms with Crippen molar-refractivity contribution in [1.29, 1.82) is 0 Å². The van der Waals surface area contributed by atoms with Crippen LogP contribution < -0.4 is 14.2 Å². The van der Waals surface area contributed by atoms with Crippen LogP contribution in [0.15, 0.2) is 121 Å². The van der Waals surface area contributed by atoms with Crippen LogP contribution in [0.1, 0.15) is 27.8 Å². The van der Waals surface area contributed by atoms with Crippen molar-refractivity contribution in [3.63, 3.8) is 0 Å². The van der Waals surface area contributed by atoms with Gasteiger partial charge in [0, 0.05) is 38.5 Å². The third-order valence-corrected chi connectivity index (χ3v) is 9.42. The highest BCUT2D eigenvalue weighted by atomic mass is 19.4. The van der Waals surface area contributed by atoms with Gasteiger partial charge in [0.25, 0.3) is 0 Å². The molecule has 1 unspecified atom stereocenters. The summed E-state index contributed by atoms with van der Waals surface area (Å²) in [5.41, 5.74) is -1.44. The molecule has 8 rings (SSSR count). The zero-order valence-corrected chi connectivity index (χ0v) is 27.1. The van der Waals surface area contributed by atoms with Crippen molar-refractivity contribution >= 4 is 38.7 Å². The van der Waals surface area contributed by atoms with Gasteiger partial charge in [0.05, 0.1) is 36.4 Å². The summed E-state index contributed by atoms with van der Waals surface area (Å²) >= 11 is 0. The van der Waals surface area contributed by atoms with Crippen LogP contribution in [0.3, 0.4) is 0 Å². The van der Waals surface area contributed by atoms with E-state index >= 15 is 0 Å². The number of ether oxygens (including phenoxy) is 3. The lowest BCUT2D eigenvalue weighted by atomic mass is 9.83. The fraction of sp³-hybridized carbons (Fsp3) is 0.122. The molecule has 1 aromatic heterocycles. The average molecular weight is 696 g/mol. The number of benzene rings is 6. The van der Waals surface area contributed by atoms with Crippen molar-refractivity contribution in [3.05, 3.63) is 149 Å². The molecule has 0 aliphatic carbocycles. The fourth-order valence-electron chi connectivity index (χ4n) is 7.07. The Bertz CT molecular complexity index is 2470. The lowest BCUT2D eigenvalue weighted by Gasteiger charge is -2.37. The highest BCUT2D eigenvalue weighted by molar-refractivity contribution is 6.25. The average Bonchev–Trinajstić information content (AvgIpc) is 3.49. The van der Waals surface area contributed by atoms with E-state index in [1.54, 1.807) is 31.4 Å². The number of methoxy groups -OCH3 is 2. The molecule has 0 amide bonds. The van der Waals surface area contributed by atoms with Crippen LogP contribution in [0.2, 0.25) is 0 Å². The minimum atomic E-state index is -5.03. The Balaban J connectivity index is 1.52. The maximum atomic E-state index is 14.2. The van der Waals surface area contributed by atoms with Crippen molar-refractivity contribution in [1.82, 2.24) is 4.57 Å². The summed E-state index contributed by atoms with van der Waals surface area (Å²) in [5, 5.41) is 2.60. The van der Waals surface area contributed by atoms with Gasteiger partial charge in [-0.05, 0) is 72.1 Å². The first-order valence-electron chi connectivity index (χ1n) is 15.9. The number of halogens is 6. The predicted octanol–water partition coefficient (Wildman–Crippen LogP) is 11.3. The number of fused-ring (bicyclic) bond motifs is 8. The summed E-state index contributed by atoms with van der Waals surface area (Å²) in [5.74, 6) is 1.56. The molecule has 0 radical (unpaired) electrons. The largest absolute Gasteiger partial charge is 0.497 e. The summed E-state index contributed by atoms with van der Waals surface area (Å²) < 4.78 is 105. The standard InChI is InChI=1S/C41H27F6NO3/c1-49-29-14-12-25(13-15-29)39(24-8-4-3-5-9-24)19-18-33-37-36(31-17-16-30(50-2)23-34(31)38(33)51-39)32-10-6-7-11-35(32)48(37)28-21-26(40(42,43)44)20-27(22-28)41(45,46)47/h3-23H,1-2H3. The summed E-state index contributed by atoms with van der Waals surface area (Å²) in [7, 11) is 3.11. The van der Waals surface area contributed by atoms with Crippen LogP contribution in [-0.2, 0) is 18.0 Å². The number of nitrogens with zero attached hydrogens (tertiary/aromatic N) is 1. The molecule has 10 heteroatoms. The Labute approximate surface area is 287 Å². The van der Waals surface area contributed by atoms with Gasteiger partial charge in [-0.3, -0.25) is 0 Å². The Morgan fingerprint density at radius 1 is 0.608 bits per heavy atom. The van der Waals surface area contributed by atoms with Crippen LogP contribution in [-0.4, -0.2) is 18.8 Å². The van der Waals surface area contributed by atoms with Crippen molar-refractivity contribution in [2.75, 3.05) is 14.2 Å². The quantitative estimate of drug-likeness (QED) is 0.168. The van der Waals surface area contributed by atoms with Crippen molar-refractivity contribution < 1.29 is 40.6 Å². The molecule has 2 heterocycles. The first-order chi connectivity index (χ1) is 24.4. The van der Waals surface area contributed by atoms with Crippen LogP contribution >= 0.6 is 0 Å². The van der Waals surface area contributed by atoms with Crippen LogP contribution in [0.5, 0.6) is 17.2 Å². The fourth-order valence-corrected chi connectivity index (χ4v) is 7.07. The topological polar surface area (TPSA) is 32.6 Å². The molecule has 0 fully saturated rings. The van der Waals surface area contributed by atoms with E-state index in [0.717, 1.165) is 23.3 Å². The first-order valence-corrected chi connectivity index (χ1v) is 15.9. The number of alkyl halides is 6. The van der Waals surface area contributed by atoms with E-state index < -0.39 is 29.1 Å². The van der Waals surface area contributed by atoms with E-state index in [0.29, 0.717) is 55.4 Å². The predicted molar refractivity (Wildman–Crippen MR) is 185 cm³/mol. The number of para-hydroxylation sites is 1. The van der Waals surface area contributed by atoms with E-state index in [4.69, 9.17) is 14.2 Å². The van der Waals surface area contributed by atoms with Gasteiger partial charge in [-0.25, -0.2) is 0 Å². The minimum absolute atomic E-state index is 0.139. The number of rotatable bonds is 5. The van der Waals surface area contributed by atoms with Crippen LogP contribution in [0.25, 0.3) is 44.3 Å². The summed E-state index contributed by atoms with van der Waals surface area (Å²) in [4.78, 5) is 0. The van der Waals surface area contributed by atoms with Crippen molar-refractivity contribution in [2.45, 2.75) is 18.0 Å². The summed E-state index contributed by atoms with van der Waals surface area (Å²) in [6.45, 7) is 0. The molecule has 256 valence electrons. The van der Waals surface area contributed by atoms with Gasteiger partial charge in [-0.1, -0.05) is 60.7 Å².